The van der Waals surface area contributed by atoms with Crippen LogP contribution in [0.1, 0.15) is 12.5 Å². The molecule has 0 saturated heterocycles. The fourth-order valence-electron chi connectivity index (χ4n) is 3.78. The van der Waals surface area contributed by atoms with E-state index in [1.807, 2.05) is 78.2 Å². The summed E-state index contributed by atoms with van der Waals surface area (Å²) in [5, 5.41) is 13.6. The molecule has 7 nitrogen and oxygen atoms in total. The Morgan fingerprint density at radius 2 is 1.61 bits per heavy atom. The summed E-state index contributed by atoms with van der Waals surface area (Å²) in [6, 6.07) is 29.9. The molecule has 9 heteroatoms. The van der Waals surface area contributed by atoms with Gasteiger partial charge in [0.1, 0.15) is 0 Å². The van der Waals surface area contributed by atoms with Gasteiger partial charge in [-0.2, -0.15) is 5.10 Å². The highest BCUT2D eigenvalue weighted by Crippen LogP contribution is 2.28. The average molecular weight is 584 g/mol. The summed E-state index contributed by atoms with van der Waals surface area (Å²) in [6.07, 6.45) is 3.45. The Balaban J connectivity index is 1.27. The lowest BCUT2D eigenvalue weighted by atomic mass is 10.0. The number of rotatable bonds is 8. The number of halogens is 1. The number of amides is 1. The first-order chi connectivity index (χ1) is 18.6. The Bertz CT molecular complexity index is 1550. The van der Waals surface area contributed by atoms with Crippen molar-refractivity contribution in [2.45, 2.75) is 12.1 Å². The van der Waals surface area contributed by atoms with Gasteiger partial charge in [0, 0.05) is 28.1 Å². The molecule has 0 atom stereocenters. The van der Waals surface area contributed by atoms with Crippen molar-refractivity contribution < 1.29 is 4.79 Å². The number of benzene rings is 3. The number of pyridine rings is 1. The minimum atomic E-state index is -0.233. The van der Waals surface area contributed by atoms with E-state index in [9.17, 15) is 4.79 Å². The number of carbonyl (C=O) groups is 1. The van der Waals surface area contributed by atoms with Crippen LogP contribution in [0.2, 0.25) is 0 Å². The molecule has 1 N–H and O–H groups in total. The van der Waals surface area contributed by atoms with Gasteiger partial charge >= 0.3 is 0 Å². The molecule has 0 bridgehead atoms. The van der Waals surface area contributed by atoms with Gasteiger partial charge in [-0.15, -0.1) is 10.2 Å². The Hall–Kier alpha value is -4.08. The normalized spacial score (nSPS) is 11.4. The first-order valence-corrected chi connectivity index (χ1v) is 13.6. The lowest BCUT2D eigenvalue weighted by Crippen LogP contribution is -2.21. The van der Waals surface area contributed by atoms with Gasteiger partial charge in [-0.05, 0) is 60.0 Å². The highest BCUT2D eigenvalue weighted by Gasteiger charge is 2.17. The molecule has 0 aliphatic rings. The Labute approximate surface area is 233 Å². The second-order valence-corrected chi connectivity index (χ2v) is 10.2. The van der Waals surface area contributed by atoms with E-state index >= 15 is 0 Å². The van der Waals surface area contributed by atoms with Crippen LogP contribution in [-0.2, 0) is 4.79 Å². The van der Waals surface area contributed by atoms with Crippen LogP contribution >= 0.6 is 27.7 Å². The molecule has 38 heavy (non-hydrogen) atoms. The zero-order valence-electron chi connectivity index (χ0n) is 20.5. The number of carbonyl (C=O) groups excluding carboxylic acids is 1. The molecule has 5 aromatic rings. The van der Waals surface area contributed by atoms with Crippen LogP contribution in [0.25, 0.3) is 28.2 Å². The summed E-state index contributed by atoms with van der Waals surface area (Å²) in [6.45, 7) is 1.87. The standard InChI is InChI=1S/C29H23BrN6OS/c1-20(21-9-11-23(12-10-21)22-6-3-2-4-7-22)32-33-27(37)19-38-29-35-34-28(24-8-5-17-31-18-24)36(29)26-15-13-25(30)14-16-26/h2-18H,19H2,1H3,(H,33,37). The maximum atomic E-state index is 12.6. The molecule has 0 saturated carbocycles. The maximum Gasteiger partial charge on any atom is 0.250 e. The summed E-state index contributed by atoms with van der Waals surface area (Å²) in [5.41, 5.74) is 8.31. The van der Waals surface area contributed by atoms with Crippen molar-refractivity contribution in [2.75, 3.05) is 5.75 Å². The Morgan fingerprint density at radius 3 is 2.32 bits per heavy atom. The molecule has 188 valence electrons. The van der Waals surface area contributed by atoms with E-state index in [0.717, 1.165) is 38.1 Å². The van der Waals surface area contributed by atoms with Crippen LogP contribution in [0, 0.1) is 0 Å². The summed E-state index contributed by atoms with van der Waals surface area (Å²) in [4.78, 5) is 16.9. The summed E-state index contributed by atoms with van der Waals surface area (Å²) in [5.74, 6) is 0.547. The van der Waals surface area contributed by atoms with Crippen LogP contribution in [0.3, 0.4) is 0 Å². The molecule has 2 aromatic heterocycles. The minimum Gasteiger partial charge on any atom is -0.272 e. The summed E-state index contributed by atoms with van der Waals surface area (Å²) >= 11 is 4.77. The maximum absolute atomic E-state index is 12.6. The van der Waals surface area contributed by atoms with Crippen LogP contribution in [0.4, 0.5) is 0 Å². The van der Waals surface area contributed by atoms with Gasteiger partial charge in [0.05, 0.1) is 11.5 Å². The fraction of sp³-hybridized carbons (Fsp3) is 0.0690. The third-order valence-corrected chi connectivity index (χ3v) is 7.19. The Morgan fingerprint density at radius 1 is 0.895 bits per heavy atom. The molecule has 1 amide bonds. The van der Waals surface area contributed by atoms with Crippen LogP contribution in [-0.4, -0.2) is 37.1 Å². The molecule has 0 unspecified atom stereocenters. The minimum absolute atomic E-state index is 0.130. The van der Waals surface area contributed by atoms with E-state index in [1.165, 1.54) is 11.8 Å². The van der Waals surface area contributed by atoms with Gasteiger partial charge in [-0.1, -0.05) is 82.3 Å². The molecule has 0 spiro atoms. The number of nitrogens with one attached hydrogen (secondary N) is 1. The lowest BCUT2D eigenvalue weighted by Gasteiger charge is -2.10. The Kier molecular flexibility index (Phi) is 8.06. The van der Waals surface area contributed by atoms with E-state index < -0.39 is 0 Å². The summed E-state index contributed by atoms with van der Waals surface area (Å²) in [7, 11) is 0. The van der Waals surface area contributed by atoms with Gasteiger partial charge in [0.2, 0.25) is 0 Å². The van der Waals surface area contributed by atoms with E-state index in [-0.39, 0.29) is 11.7 Å². The molecule has 0 radical (unpaired) electrons. The molecular weight excluding hydrogens is 560 g/mol. The van der Waals surface area contributed by atoms with Crippen molar-refractivity contribution in [3.8, 4) is 28.2 Å². The number of aromatic nitrogens is 4. The molecule has 3 aromatic carbocycles. The number of hydrogen-bond donors (Lipinski definition) is 1. The van der Waals surface area contributed by atoms with Crippen molar-refractivity contribution in [1.29, 1.82) is 0 Å². The third kappa shape index (κ3) is 6.07. The third-order valence-electron chi connectivity index (χ3n) is 5.73. The monoisotopic (exact) mass is 582 g/mol. The quantitative estimate of drug-likeness (QED) is 0.130. The highest BCUT2D eigenvalue weighted by molar-refractivity contribution is 9.10. The van der Waals surface area contributed by atoms with Crippen molar-refractivity contribution in [3.63, 3.8) is 0 Å². The molecule has 2 heterocycles. The molecule has 0 fully saturated rings. The fourth-order valence-corrected chi connectivity index (χ4v) is 4.78. The predicted octanol–water partition coefficient (Wildman–Crippen LogP) is 6.39. The van der Waals surface area contributed by atoms with E-state index in [0.29, 0.717) is 11.0 Å². The van der Waals surface area contributed by atoms with Gasteiger partial charge < -0.3 is 0 Å². The SMILES string of the molecule is CC(=NNC(=O)CSc1nnc(-c2cccnc2)n1-c1ccc(Br)cc1)c1ccc(-c2ccccc2)cc1. The zero-order chi connectivity index (χ0) is 26.3. The number of hydrazone groups is 1. The molecule has 0 aliphatic carbocycles. The molecular formula is C29H23BrN6OS. The number of thioether (sulfide) groups is 1. The largest absolute Gasteiger partial charge is 0.272 e. The topological polar surface area (TPSA) is 85.1 Å². The smallest absolute Gasteiger partial charge is 0.250 e. The van der Waals surface area contributed by atoms with Crippen LogP contribution < -0.4 is 5.43 Å². The van der Waals surface area contributed by atoms with Crippen molar-refractivity contribution in [2.24, 2.45) is 5.10 Å². The van der Waals surface area contributed by atoms with E-state index in [4.69, 9.17) is 0 Å². The first-order valence-electron chi connectivity index (χ1n) is 11.8. The van der Waals surface area contributed by atoms with Crippen LogP contribution in [0.15, 0.2) is 118 Å². The zero-order valence-corrected chi connectivity index (χ0v) is 22.9. The average Bonchev–Trinajstić information content (AvgIpc) is 3.40. The highest BCUT2D eigenvalue weighted by atomic mass is 79.9. The van der Waals surface area contributed by atoms with Gasteiger partial charge in [0.15, 0.2) is 11.0 Å². The lowest BCUT2D eigenvalue weighted by molar-refractivity contribution is -0.118. The number of hydrogen-bond acceptors (Lipinski definition) is 6. The van der Waals surface area contributed by atoms with Crippen molar-refractivity contribution in [1.82, 2.24) is 25.2 Å². The van der Waals surface area contributed by atoms with Crippen molar-refractivity contribution >= 4 is 39.3 Å². The van der Waals surface area contributed by atoms with Gasteiger partial charge in [-0.3, -0.25) is 14.3 Å². The van der Waals surface area contributed by atoms with Gasteiger partial charge in [0.25, 0.3) is 5.91 Å². The summed E-state index contributed by atoms with van der Waals surface area (Å²) < 4.78 is 2.89. The predicted molar refractivity (Wildman–Crippen MR) is 155 cm³/mol. The van der Waals surface area contributed by atoms with Crippen molar-refractivity contribution in [3.05, 3.63) is 113 Å². The van der Waals surface area contributed by atoms with Crippen LogP contribution in [0.5, 0.6) is 0 Å². The van der Waals surface area contributed by atoms with E-state index in [1.54, 1.807) is 12.4 Å². The van der Waals surface area contributed by atoms with E-state index in [2.05, 4.69) is 65.9 Å². The molecule has 5 rings (SSSR count). The van der Waals surface area contributed by atoms with Gasteiger partial charge in [-0.25, -0.2) is 5.43 Å². The first kappa shape index (κ1) is 25.6. The second kappa shape index (κ2) is 12.0. The number of nitrogens with zero attached hydrogens (tertiary/aromatic N) is 5. The second-order valence-electron chi connectivity index (χ2n) is 8.32. The molecule has 0 aliphatic heterocycles.